The molecule has 3 atom stereocenters. The summed E-state index contributed by atoms with van der Waals surface area (Å²) in [6, 6.07) is 0. The number of carbonyl (C=O) groups excluding carboxylic acids is 2. The van der Waals surface area contributed by atoms with E-state index < -0.39 is 33.5 Å². The Bertz CT molecular complexity index is 543. The van der Waals surface area contributed by atoms with E-state index >= 15 is 0 Å². The second-order valence-electron chi connectivity index (χ2n) is 7.73. The Morgan fingerprint density at radius 2 is 1.43 bits per heavy atom. The molecule has 28 heavy (non-hydrogen) atoms. The van der Waals surface area contributed by atoms with Crippen molar-refractivity contribution in [2.24, 2.45) is 11.8 Å². The maximum Gasteiger partial charge on any atom is 0.307 e. The molecule has 0 saturated carbocycles. The topological polar surface area (TPSA) is 97.7 Å². The predicted molar refractivity (Wildman–Crippen MR) is 112 cm³/mol. The van der Waals surface area contributed by atoms with Gasteiger partial charge in [-0.25, -0.2) is 0 Å². The van der Waals surface area contributed by atoms with E-state index in [-0.39, 0.29) is 18.9 Å². The molecule has 0 heterocycles. The number of ketones is 1. The maximum absolute atomic E-state index is 12.4. The van der Waals surface area contributed by atoms with E-state index in [1.807, 2.05) is 13.8 Å². The molecule has 1 N–H and O–H groups in total. The number of hydrogen-bond acceptors (Lipinski definition) is 5. The fourth-order valence-electron chi connectivity index (χ4n) is 3.26. The first kappa shape index (κ1) is 27.0. The van der Waals surface area contributed by atoms with Gasteiger partial charge in [-0.15, -0.1) is 0 Å². The summed E-state index contributed by atoms with van der Waals surface area (Å²) in [5.41, 5.74) is 0. The first-order chi connectivity index (χ1) is 13.2. The van der Waals surface area contributed by atoms with Gasteiger partial charge in [0, 0.05) is 6.42 Å². The van der Waals surface area contributed by atoms with E-state index in [9.17, 15) is 22.6 Å². The fourth-order valence-corrected chi connectivity index (χ4v) is 4.05. The molecule has 0 fully saturated rings. The van der Waals surface area contributed by atoms with Crippen LogP contribution < -0.4 is 0 Å². The molecule has 0 aromatic heterocycles. The Kier molecular flexibility index (Phi) is 14.5. The maximum atomic E-state index is 12.4. The summed E-state index contributed by atoms with van der Waals surface area (Å²) < 4.78 is 38.0. The molecule has 0 aliphatic carbocycles. The average Bonchev–Trinajstić information content (AvgIpc) is 2.65. The molecule has 0 aromatic rings. The number of ether oxygens (including phenoxy) is 1. The van der Waals surface area contributed by atoms with Crippen molar-refractivity contribution in [1.82, 2.24) is 0 Å². The molecule has 3 unspecified atom stereocenters. The monoisotopic (exact) mass is 420 g/mol. The summed E-state index contributed by atoms with van der Waals surface area (Å²) in [4.78, 5) is 24.5. The zero-order valence-electron chi connectivity index (χ0n) is 18.1. The second-order valence-corrected chi connectivity index (χ2v) is 9.33. The SMILES string of the molecule is CCCCC(CC)CCC(=O)C(CC(=O)OCC(CC)CCCC)S(=O)(=O)O. The lowest BCUT2D eigenvalue weighted by atomic mass is 9.92. The minimum Gasteiger partial charge on any atom is -0.465 e. The first-order valence-electron chi connectivity index (χ1n) is 10.8. The summed E-state index contributed by atoms with van der Waals surface area (Å²) in [5, 5.41) is -1.72. The van der Waals surface area contributed by atoms with Crippen LogP contribution in [-0.2, 0) is 24.4 Å². The van der Waals surface area contributed by atoms with Crippen molar-refractivity contribution in [2.75, 3.05) is 6.61 Å². The van der Waals surface area contributed by atoms with Crippen LogP contribution >= 0.6 is 0 Å². The number of rotatable bonds is 17. The summed E-state index contributed by atoms with van der Waals surface area (Å²) in [6.07, 6.45) is 7.96. The molecule has 0 aromatic carbocycles. The van der Waals surface area contributed by atoms with E-state index in [1.165, 1.54) is 0 Å². The largest absolute Gasteiger partial charge is 0.465 e. The van der Waals surface area contributed by atoms with Gasteiger partial charge in [0.05, 0.1) is 13.0 Å². The summed E-state index contributed by atoms with van der Waals surface area (Å²) >= 11 is 0. The standard InChI is InChI=1S/C21H40O6S/c1-5-9-11-17(7-3)13-14-19(22)20(28(24,25)26)15-21(23)27-16-18(8-4)12-10-6-2/h17-18,20H,5-16H2,1-4H3,(H,24,25,26). The lowest BCUT2D eigenvalue weighted by molar-refractivity contribution is -0.146. The third kappa shape index (κ3) is 11.8. The molecular weight excluding hydrogens is 380 g/mol. The molecule has 0 saturated heterocycles. The molecular formula is C21H40O6S. The highest BCUT2D eigenvalue weighted by Crippen LogP contribution is 2.21. The fraction of sp³-hybridized carbons (Fsp3) is 0.905. The molecule has 0 spiro atoms. The Morgan fingerprint density at radius 3 is 1.89 bits per heavy atom. The second kappa shape index (κ2) is 15.0. The molecule has 0 rings (SSSR count). The van der Waals surface area contributed by atoms with Crippen LogP contribution in [0.15, 0.2) is 0 Å². The van der Waals surface area contributed by atoms with Crippen molar-refractivity contribution in [3.05, 3.63) is 0 Å². The summed E-state index contributed by atoms with van der Waals surface area (Å²) in [7, 11) is -4.64. The van der Waals surface area contributed by atoms with Gasteiger partial charge in [-0.05, 0) is 24.7 Å². The zero-order chi connectivity index (χ0) is 21.6. The van der Waals surface area contributed by atoms with Crippen LogP contribution in [0.3, 0.4) is 0 Å². The Morgan fingerprint density at radius 1 is 0.893 bits per heavy atom. The van der Waals surface area contributed by atoms with Crippen LogP contribution in [0.5, 0.6) is 0 Å². The number of unbranched alkanes of at least 4 members (excludes halogenated alkanes) is 2. The van der Waals surface area contributed by atoms with Crippen LogP contribution in [0, 0.1) is 11.8 Å². The van der Waals surface area contributed by atoms with E-state index in [0.29, 0.717) is 12.3 Å². The molecule has 166 valence electrons. The van der Waals surface area contributed by atoms with Gasteiger partial charge in [-0.2, -0.15) is 8.42 Å². The third-order valence-electron chi connectivity index (χ3n) is 5.44. The highest BCUT2D eigenvalue weighted by Gasteiger charge is 2.33. The van der Waals surface area contributed by atoms with Gasteiger partial charge in [0.25, 0.3) is 10.1 Å². The predicted octanol–water partition coefficient (Wildman–Crippen LogP) is 4.96. The minimum atomic E-state index is -4.64. The summed E-state index contributed by atoms with van der Waals surface area (Å²) in [5.74, 6) is -0.772. The van der Waals surface area contributed by atoms with Crippen molar-refractivity contribution < 1.29 is 27.3 Å². The molecule has 0 aliphatic heterocycles. The molecule has 0 aliphatic rings. The summed E-state index contributed by atoms with van der Waals surface area (Å²) in [6.45, 7) is 8.47. The van der Waals surface area contributed by atoms with Crippen LogP contribution in [0.25, 0.3) is 0 Å². The van der Waals surface area contributed by atoms with Gasteiger partial charge in [-0.3, -0.25) is 14.1 Å². The minimum absolute atomic E-state index is 0.0496. The molecule has 0 amide bonds. The van der Waals surface area contributed by atoms with Crippen LogP contribution in [0.2, 0.25) is 0 Å². The van der Waals surface area contributed by atoms with Gasteiger partial charge in [0.2, 0.25) is 0 Å². The van der Waals surface area contributed by atoms with Crippen molar-refractivity contribution in [3.8, 4) is 0 Å². The number of carbonyl (C=O) groups is 2. The van der Waals surface area contributed by atoms with Crippen molar-refractivity contribution in [2.45, 2.75) is 104 Å². The Hall–Kier alpha value is -0.950. The van der Waals surface area contributed by atoms with Gasteiger partial charge in [0.15, 0.2) is 11.0 Å². The van der Waals surface area contributed by atoms with Gasteiger partial charge in [-0.1, -0.05) is 72.6 Å². The van der Waals surface area contributed by atoms with Crippen LogP contribution in [-0.4, -0.2) is 36.6 Å². The lowest BCUT2D eigenvalue weighted by Crippen LogP contribution is -2.33. The van der Waals surface area contributed by atoms with Gasteiger partial charge >= 0.3 is 5.97 Å². The zero-order valence-corrected chi connectivity index (χ0v) is 18.9. The Balaban J connectivity index is 4.73. The number of Topliss-reactive ketones (excluding diaryl/α,β-unsaturated/α-hetero) is 1. The molecule has 0 radical (unpaired) electrons. The van der Waals surface area contributed by atoms with E-state index in [2.05, 4.69) is 13.8 Å². The molecule has 6 nitrogen and oxygen atoms in total. The van der Waals surface area contributed by atoms with Gasteiger partial charge in [0.1, 0.15) is 0 Å². The normalized spacial score (nSPS) is 15.0. The van der Waals surface area contributed by atoms with Crippen molar-refractivity contribution in [3.63, 3.8) is 0 Å². The quantitative estimate of drug-likeness (QED) is 0.264. The first-order valence-corrected chi connectivity index (χ1v) is 12.3. The van der Waals surface area contributed by atoms with E-state index in [0.717, 1.165) is 51.4 Å². The van der Waals surface area contributed by atoms with Gasteiger partial charge < -0.3 is 4.74 Å². The Labute approximate surface area is 171 Å². The van der Waals surface area contributed by atoms with Crippen LogP contribution in [0.1, 0.15) is 98.3 Å². The average molecular weight is 421 g/mol. The number of hydrogen-bond donors (Lipinski definition) is 1. The third-order valence-corrected chi connectivity index (χ3v) is 6.58. The van der Waals surface area contributed by atoms with E-state index in [1.54, 1.807) is 0 Å². The molecule has 0 bridgehead atoms. The van der Waals surface area contributed by atoms with E-state index in [4.69, 9.17) is 4.74 Å². The van der Waals surface area contributed by atoms with Crippen molar-refractivity contribution >= 4 is 21.9 Å². The van der Waals surface area contributed by atoms with Crippen LogP contribution in [0.4, 0.5) is 0 Å². The lowest BCUT2D eigenvalue weighted by Gasteiger charge is -2.18. The smallest absolute Gasteiger partial charge is 0.307 e. The highest BCUT2D eigenvalue weighted by molar-refractivity contribution is 7.87. The molecule has 7 heteroatoms. The number of esters is 1. The highest BCUT2D eigenvalue weighted by atomic mass is 32.2. The van der Waals surface area contributed by atoms with Crippen molar-refractivity contribution in [1.29, 1.82) is 0 Å².